The highest BCUT2D eigenvalue weighted by Gasteiger charge is 2.10. The zero-order valence-electron chi connectivity index (χ0n) is 46.2. The zero-order chi connectivity index (χ0) is 49.7. The fourth-order valence-electron chi connectivity index (χ4n) is 7.23. The molecule has 0 atom stereocenters. The van der Waals surface area contributed by atoms with Gasteiger partial charge in [-0.05, 0) is 58.1 Å². The molecule has 0 amide bonds. The number of H-pyrrole nitrogens is 1. The monoisotopic (exact) mass is 1000 g/mol. The number of nitrogens with one attached hydrogen (secondary N) is 1. The van der Waals surface area contributed by atoms with Crippen molar-refractivity contribution in [1.82, 2.24) is 4.98 Å². The first-order chi connectivity index (χ1) is 31.0. The van der Waals surface area contributed by atoms with E-state index in [1.54, 1.807) is 0 Å². The van der Waals surface area contributed by atoms with Crippen LogP contribution >= 0.6 is 0 Å². The molecule has 0 aliphatic heterocycles. The summed E-state index contributed by atoms with van der Waals surface area (Å²) in [6.45, 7) is 31.0. The lowest BCUT2D eigenvalue weighted by Gasteiger charge is -2.25. The molecule has 0 unspecified atom stereocenters. The van der Waals surface area contributed by atoms with Crippen molar-refractivity contribution in [2.75, 3.05) is 55.4 Å². The summed E-state index contributed by atoms with van der Waals surface area (Å²) < 4.78 is 6.58. The summed E-state index contributed by atoms with van der Waals surface area (Å²) in [6, 6.07) is 38.2. The van der Waals surface area contributed by atoms with Gasteiger partial charge in [0.1, 0.15) is 0 Å². The Kier molecular flexibility index (Phi) is 37.7. The van der Waals surface area contributed by atoms with Crippen molar-refractivity contribution >= 4 is 0 Å². The molecule has 9 heteroatoms. The highest BCUT2D eigenvalue weighted by molar-refractivity contribution is 5.16. The second-order valence-corrected chi connectivity index (χ2v) is 21.5. The normalized spacial score (nSPS) is 10.6. The predicted molar refractivity (Wildman–Crippen MR) is 283 cm³/mol. The molecule has 0 aliphatic rings. The second-order valence-electron chi connectivity index (χ2n) is 21.5. The first kappa shape index (κ1) is 69.1. The number of hydrogen-bond donors (Lipinski definition) is 0. The van der Waals surface area contributed by atoms with E-state index in [1.807, 2.05) is 36.9 Å². The molecule has 4 aromatic heterocycles. The average Bonchev–Trinajstić information content (AvgIpc) is 3.25. The third-order valence-corrected chi connectivity index (χ3v) is 10.2. The Labute approximate surface area is 442 Å². The van der Waals surface area contributed by atoms with Crippen LogP contribution in [0.1, 0.15) is 140 Å². The molecule has 0 spiro atoms. The number of rotatable bonds is 12. The molecule has 0 saturated heterocycles. The van der Waals surface area contributed by atoms with Gasteiger partial charge in [0.15, 0.2) is 50.3 Å². The number of benzene rings is 2. The van der Waals surface area contributed by atoms with Gasteiger partial charge < -0.3 is 46.2 Å². The molecule has 0 saturated carbocycles. The van der Waals surface area contributed by atoms with Gasteiger partial charge in [-0.25, -0.2) is 14.1 Å². The van der Waals surface area contributed by atoms with Crippen LogP contribution in [-0.2, 0) is 13.1 Å². The van der Waals surface area contributed by atoms with E-state index in [0.717, 1.165) is 33.9 Å². The van der Waals surface area contributed by atoms with Crippen LogP contribution in [0, 0.1) is 11.8 Å². The highest BCUT2D eigenvalue weighted by Crippen LogP contribution is 2.13. The number of pyridine rings is 4. The van der Waals surface area contributed by atoms with Gasteiger partial charge in [-0.3, -0.25) is 4.98 Å². The molecule has 0 fully saturated rings. The van der Waals surface area contributed by atoms with E-state index in [-0.39, 0.29) is 37.2 Å². The van der Waals surface area contributed by atoms with E-state index in [9.17, 15) is 0 Å². The maximum absolute atomic E-state index is 3.93. The molecule has 6 nitrogen and oxygen atoms in total. The van der Waals surface area contributed by atoms with Gasteiger partial charge in [0.25, 0.3) is 0 Å². The van der Waals surface area contributed by atoms with Crippen LogP contribution in [0.25, 0.3) is 0 Å². The molecule has 69 heavy (non-hydrogen) atoms. The highest BCUT2D eigenvalue weighted by atomic mass is 35.5. The Morgan fingerprint density at radius 3 is 0.884 bits per heavy atom. The minimum Gasteiger partial charge on any atom is -1.00 e. The summed E-state index contributed by atoms with van der Waals surface area (Å²) >= 11 is 0. The van der Waals surface area contributed by atoms with Gasteiger partial charge in [0.05, 0.1) is 55.4 Å². The number of quaternary nitrogens is 2. The fraction of sp³-hybridized carbons (Fsp3) is 0.467. The van der Waals surface area contributed by atoms with Crippen LogP contribution in [0.5, 0.6) is 0 Å². The van der Waals surface area contributed by atoms with Gasteiger partial charge in [-0.2, -0.15) is 0 Å². The lowest BCUT2D eigenvalue weighted by Crippen LogP contribution is -3.00. The molecule has 6 rings (SSSR count). The summed E-state index contributed by atoms with van der Waals surface area (Å²) in [5.41, 5.74) is 8.20. The van der Waals surface area contributed by atoms with Gasteiger partial charge >= 0.3 is 0 Å². The van der Waals surface area contributed by atoms with Crippen molar-refractivity contribution < 1.29 is 60.3 Å². The van der Waals surface area contributed by atoms with Crippen molar-refractivity contribution in [1.29, 1.82) is 0 Å². The van der Waals surface area contributed by atoms with Crippen molar-refractivity contribution in [2.45, 2.75) is 120 Å². The van der Waals surface area contributed by atoms with Crippen LogP contribution in [0.15, 0.2) is 159 Å². The van der Waals surface area contributed by atoms with Gasteiger partial charge in [0, 0.05) is 71.8 Å². The largest absolute Gasteiger partial charge is 1.00 e. The Bertz CT molecular complexity index is 1890. The Morgan fingerprint density at radius 2 is 0.667 bits per heavy atom. The third-order valence-electron chi connectivity index (χ3n) is 10.2. The van der Waals surface area contributed by atoms with Gasteiger partial charge in [0.2, 0.25) is 0 Å². The third kappa shape index (κ3) is 36.4. The summed E-state index contributed by atoms with van der Waals surface area (Å²) in [6.07, 6.45) is 16.2. The van der Waals surface area contributed by atoms with Crippen LogP contribution in [0.4, 0.5) is 0 Å². The summed E-state index contributed by atoms with van der Waals surface area (Å²) in [7, 11) is 13.3. The maximum Gasteiger partial charge on any atom is 0.173 e. The molecule has 4 heterocycles. The van der Waals surface area contributed by atoms with E-state index in [0.29, 0.717) is 23.7 Å². The van der Waals surface area contributed by atoms with Crippen LogP contribution in [-0.4, -0.2) is 69.3 Å². The van der Waals surface area contributed by atoms with E-state index >= 15 is 0 Å². The molecule has 0 radical (unpaired) electrons. The van der Waals surface area contributed by atoms with Crippen molar-refractivity contribution in [2.24, 2.45) is 11.8 Å². The molecule has 0 bridgehead atoms. The quantitative estimate of drug-likeness (QED) is 0.136. The molecule has 6 aromatic rings. The average molecular weight is 1010 g/mol. The number of aromatic amines is 1. The number of aromatic nitrogens is 4. The summed E-state index contributed by atoms with van der Waals surface area (Å²) in [5.74, 6) is 4.09. The Hall–Kier alpha value is -4.17. The van der Waals surface area contributed by atoms with E-state index in [4.69, 9.17) is 0 Å². The standard InChI is InChI=1S/2C15H18N.2C8H11N.2C7H18N.3ClH/c2*1-13(2)15-8-10-16(11-9-15)12-14-6-4-3-5-7-14;2*1-7(2)8-3-5-9-6-4-8;2*1-7(2)6-8(3,4)5;;;/h2*3-11,13H,12H2,1-2H3;2*3-7H,1-2H3;2*7H,6H2,1-5H3;3*1H/q2*+1;;;2*+1;;;/p-2. The van der Waals surface area contributed by atoms with E-state index < -0.39 is 0 Å². The van der Waals surface area contributed by atoms with Crippen LogP contribution in [0.2, 0.25) is 0 Å². The molecular weight excluding hydrogens is 911 g/mol. The minimum atomic E-state index is 0. The van der Waals surface area contributed by atoms with E-state index in [2.05, 4.69) is 266 Å². The predicted octanol–water partition coefficient (Wildman–Crippen LogP) is 3.83. The summed E-state index contributed by atoms with van der Waals surface area (Å²) in [5, 5.41) is 0. The van der Waals surface area contributed by atoms with E-state index in [1.165, 1.54) is 46.5 Å². The smallest absolute Gasteiger partial charge is 0.173 e. The number of halogens is 3. The lowest BCUT2D eigenvalue weighted by atomic mass is 10.1. The molecular formula is C60H95Cl3N6+2. The van der Waals surface area contributed by atoms with Crippen molar-refractivity contribution in [3.05, 3.63) is 192 Å². The first-order valence-electron chi connectivity index (χ1n) is 24.5. The number of hydrogen-bond acceptors (Lipinski definition) is 1. The number of nitrogens with zero attached hydrogens (tertiary/aromatic N) is 5. The Morgan fingerprint density at radius 1 is 0.391 bits per heavy atom. The van der Waals surface area contributed by atoms with Crippen molar-refractivity contribution in [3.8, 4) is 0 Å². The zero-order valence-corrected chi connectivity index (χ0v) is 48.4. The molecule has 384 valence electrons. The van der Waals surface area contributed by atoms with Crippen LogP contribution < -0.4 is 51.3 Å². The second kappa shape index (κ2) is 37.6. The maximum atomic E-state index is 3.93. The molecule has 1 N–H and O–H groups in total. The minimum absolute atomic E-state index is 0. The Balaban J connectivity index is -0.000000773. The molecule has 2 aromatic carbocycles. The topological polar surface area (TPSA) is 34.8 Å². The van der Waals surface area contributed by atoms with Crippen molar-refractivity contribution in [3.63, 3.8) is 0 Å². The van der Waals surface area contributed by atoms with Gasteiger partial charge in [-0.1, -0.05) is 144 Å². The lowest BCUT2D eigenvalue weighted by molar-refractivity contribution is -0.873. The van der Waals surface area contributed by atoms with Gasteiger partial charge in [-0.15, -0.1) is 0 Å². The SMILES string of the molecule is CC(C)C[N+](C)(C)C.CC(C)C[N+](C)(C)C.CC(C)c1cc[n+](Cc2ccccc2)cc1.CC(C)c1cc[n+](Cc2ccccc2)cc1.CC(C)c1cc[nH+]cc1.CC(C)c1ccncc1.[Cl-].[Cl-].[Cl-]. The first-order valence-corrected chi connectivity index (χ1v) is 24.5. The molecule has 0 aliphatic carbocycles. The van der Waals surface area contributed by atoms with Crippen LogP contribution in [0.3, 0.4) is 0 Å². The fourth-order valence-corrected chi connectivity index (χ4v) is 7.23. The summed E-state index contributed by atoms with van der Waals surface area (Å²) in [4.78, 5) is 6.92.